The minimum Gasteiger partial charge on any atom is -0.337 e. The first kappa shape index (κ1) is 19.2. The van der Waals surface area contributed by atoms with Gasteiger partial charge in [-0.05, 0) is 43.9 Å². The standard InChI is InChI=1S/C20H20N6O2S/c1-12-7-8-14(18-23-20(28-24-18)13(2)25-29-3)10-15(12)22-19(27)16-11-21-17-6-4-5-9-26(16)17/h4-11,13,25H,1-3H3,(H,22,27). The molecular formula is C20H20N6O2S. The molecule has 0 spiro atoms. The van der Waals surface area contributed by atoms with Gasteiger partial charge in [-0.2, -0.15) is 4.98 Å². The van der Waals surface area contributed by atoms with E-state index in [0.717, 1.165) is 16.8 Å². The molecule has 4 rings (SSSR count). The van der Waals surface area contributed by atoms with Gasteiger partial charge in [-0.1, -0.05) is 35.3 Å². The van der Waals surface area contributed by atoms with Crippen LogP contribution < -0.4 is 10.0 Å². The molecule has 8 nitrogen and oxygen atoms in total. The lowest BCUT2D eigenvalue weighted by atomic mass is 10.1. The second-order valence-corrected chi connectivity index (χ2v) is 7.20. The largest absolute Gasteiger partial charge is 0.337 e. The average molecular weight is 408 g/mol. The Hall–Kier alpha value is -3.17. The van der Waals surface area contributed by atoms with Gasteiger partial charge in [-0.3, -0.25) is 13.9 Å². The predicted molar refractivity (Wildman–Crippen MR) is 113 cm³/mol. The van der Waals surface area contributed by atoms with E-state index in [0.29, 0.717) is 23.1 Å². The lowest BCUT2D eigenvalue weighted by Gasteiger charge is -2.09. The molecule has 0 aliphatic heterocycles. The third-order valence-corrected chi connectivity index (χ3v) is 5.09. The van der Waals surface area contributed by atoms with Gasteiger partial charge in [0.15, 0.2) is 0 Å². The number of nitrogens with one attached hydrogen (secondary N) is 2. The Balaban J connectivity index is 1.60. The second-order valence-electron chi connectivity index (χ2n) is 6.56. The number of carbonyl (C=O) groups is 1. The lowest BCUT2D eigenvalue weighted by Crippen LogP contribution is -2.15. The van der Waals surface area contributed by atoms with E-state index in [1.54, 1.807) is 10.6 Å². The molecule has 3 aromatic heterocycles. The third-order valence-electron chi connectivity index (χ3n) is 4.50. The van der Waals surface area contributed by atoms with E-state index in [1.807, 2.05) is 62.7 Å². The molecule has 0 saturated heterocycles. The van der Waals surface area contributed by atoms with Gasteiger partial charge in [-0.15, -0.1) is 0 Å². The summed E-state index contributed by atoms with van der Waals surface area (Å²) in [6.45, 7) is 3.88. The van der Waals surface area contributed by atoms with Gasteiger partial charge in [0.05, 0.1) is 12.2 Å². The highest BCUT2D eigenvalue weighted by Gasteiger charge is 2.17. The molecule has 1 amide bonds. The summed E-state index contributed by atoms with van der Waals surface area (Å²) in [6.07, 6.45) is 5.31. The van der Waals surface area contributed by atoms with E-state index in [-0.39, 0.29) is 11.9 Å². The Bertz CT molecular complexity index is 1170. The quantitative estimate of drug-likeness (QED) is 0.467. The van der Waals surface area contributed by atoms with Gasteiger partial charge in [0.2, 0.25) is 11.7 Å². The number of aryl methyl sites for hydroxylation is 1. The molecule has 0 fully saturated rings. The van der Waals surface area contributed by atoms with Crippen LogP contribution in [0.3, 0.4) is 0 Å². The van der Waals surface area contributed by atoms with Crippen LogP contribution in [-0.4, -0.2) is 31.7 Å². The predicted octanol–water partition coefficient (Wildman–Crippen LogP) is 3.87. The molecule has 2 N–H and O–H groups in total. The molecule has 3 heterocycles. The fourth-order valence-electron chi connectivity index (χ4n) is 2.94. The van der Waals surface area contributed by atoms with Gasteiger partial charge >= 0.3 is 0 Å². The maximum atomic E-state index is 12.8. The number of fused-ring (bicyclic) bond motifs is 1. The SMILES string of the molecule is CSNC(C)c1nc(-c2ccc(C)c(NC(=O)c3cnc4ccccn34)c2)no1. The second kappa shape index (κ2) is 8.06. The first-order valence-corrected chi connectivity index (χ1v) is 10.3. The highest BCUT2D eigenvalue weighted by molar-refractivity contribution is 7.96. The normalized spacial score (nSPS) is 12.2. The van der Waals surface area contributed by atoms with Crippen molar-refractivity contribution in [3.05, 3.63) is 65.9 Å². The Morgan fingerprint density at radius 2 is 2.14 bits per heavy atom. The van der Waals surface area contributed by atoms with Crippen LogP contribution in [0.25, 0.3) is 17.0 Å². The molecule has 0 radical (unpaired) electrons. The Kier molecular flexibility index (Phi) is 5.32. The van der Waals surface area contributed by atoms with E-state index in [9.17, 15) is 4.79 Å². The molecule has 0 saturated carbocycles. The fourth-order valence-corrected chi connectivity index (χ4v) is 3.39. The van der Waals surface area contributed by atoms with E-state index < -0.39 is 0 Å². The fraction of sp³-hybridized carbons (Fsp3) is 0.200. The number of imidazole rings is 1. The molecular weight excluding hydrogens is 388 g/mol. The number of hydrogen-bond donors (Lipinski definition) is 2. The molecule has 0 aliphatic carbocycles. The van der Waals surface area contributed by atoms with Gasteiger partial charge < -0.3 is 9.84 Å². The summed E-state index contributed by atoms with van der Waals surface area (Å²) in [4.78, 5) is 21.5. The lowest BCUT2D eigenvalue weighted by molar-refractivity contribution is 0.102. The number of carbonyl (C=O) groups excluding carboxylic acids is 1. The van der Waals surface area contributed by atoms with Crippen molar-refractivity contribution in [1.82, 2.24) is 24.2 Å². The number of amides is 1. The minimum absolute atomic E-state index is 0.0639. The number of aromatic nitrogens is 4. The van der Waals surface area contributed by atoms with Crippen molar-refractivity contribution in [2.75, 3.05) is 11.6 Å². The van der Waals surface area contributed by atoms with E-state index >= 15 is 0 Å². The smallest absolute Gasteiger partial charge is 0.274 e. The van der Waals surface area contributed by atoms with Gasteiger partial charge in [0.1, 0.15) is 11.3 Å². The van der Waals surface area contributed by atoms with Gasteiger partial charge in [-0.25, -0.2) is 4.98 Å². The van der Waals surface area contributed by atoms with Crippen LogP contribution in [0.2, 0.25) is 0 Å². The van der Waals surface area contributed by atoms with Crippen molar-refractivity contribution in [3.63, 3.8) is 0 Å². The molecule has 9 heteroatoms. The van der Waals surface area contributed by atoms with Crippen LogP contribution >= 0.6 is 11.9 Å². The number of rotatable bonds is 6. The topological polar surface area (TPSA) is 97.3 Å². The van der Waals surface area contributed by atoms with Crippen molar-refractivity contribution in [2.45, 2.75) is 19.9 Å². The van der Waals surface area contributed by atoms with Crippen LogP contribution in [0, 0.1) is 6.92 Å². The number of anilines is 1. The minimum atomic E-state index is -0.240. The molecule has 1 aromatic carbocycles. The molecule has 0 bridgehead atoms. The Labute approximate surface area is 171 Å². The van der Waals surface area contributed by atoms with Crippen LogP contribution in [0.1, 0.15) is 34.9 Å². The van der Waals surface area contributed by atoms with Crippen LogP contribution in [0.4, 0.5) is 5.69 Å². The third kappa shape index (κ3) is 3.87. The van der Waals surface area contributed by atoms with E-state index in [4.69, 9.17) is 4.52 Å². The van der Waals surface area contributed by atoms with Gasteiger partial charge in [0, 0.05) is 17.4 Å². The van der Waals surface area contributed by atoms with Crippen molar-refractivity contribution in [1.29, 1.82) is 0 Å². The monoisotopic (exact) mass is 408 g/mol. The Morgan fingerprint density at radius 1 is 1.28 bits per heavy atom. The molecule has 4 aromatic rings. The molecule has 0 aliphatic rings. The van der Waals surface area contributed by atoms with E-state index in [1.165, 1.54) is 11.9 Å². The van der Waals surface area contributed by atoms with Crippen LogP contribution in [-0.2, 0) is 0 Å². The highest BCUT2D eigenvalue weighted by atomic mass is 32.2. The summed E-state index contributed by atoms with van der Waals surface area (Å²) in [5.74, 6) is 0.738. The summed E-state index contributed by atoms with van der Waals surface area (Å²) in [6, 6.07) is 11.2. The van der Waals surface area contributed by atoms with Crippen molar-refractivity contribution in [2.24, 2.45) is 0 Å². The highest BCUT2D eigenvalue weighted by Crippen LogP contribution is 2.25. The molecule has 1 atom stereocenters. The summed E-state index contributed by atoms with van der Waals surface area (Å²) in [5.41, 5.74) is 3.55. The number of hydrogen-bond acceptors (Lipinski definition) is 7. The van der Waals surface area contributed by atoms with E-state index in [2.05, 4.69) is 25.2 Å². The zero-order chi connectivity index (χ0) is 20.4. The van der Waals surface area contributed by atoms with Crippen LogP contribution in [0.5, 0.6) is 0 Å². The summed E-state index contributed by atoms with van der Waals surface area (Å²) < 4.78 is 10.3. The average Bonchev–Trinajstić information content (AvgIpc) is 3.37. The molecule has 148 valence electrons. The zero-order valence-electron chi connectivity index (χ0n) is 16.2. The maximum absolute atomic E-state index is 12.8. The number of benzene rings is 1. The van der Waals surface area contributed by atoms with Crippen molar-refractivity contribution in [3.8, 4) is 11.4 Å². The first-order valence-electron chi connectivity index (χ1n) is 9.03. The summed E-state index contributed by atoms with van der Waals surface area (Å²) >= 11 is 1.49. The van der Waals surface area contributed by atoms with Gasteiger partial charge in [0.25, 0.3) is 5.91 Å². The zero-order valence-corrected chi connectivity index (χ0v) is 17.0. The maximum Gasteiger partial charge on any atom is 0.274 e. The van der Waals surface area contributed by atoms with Crippen LogP contribution in [0.15, 0.2) is 53.3 Å². The van der Waals surface area contributed by atoms with Crippen molar-refractivity contribution < 1.29 is 9.32 Å². The molecule has 29 heavy (non-hydrogen) atoms. The number of pyridine rings is 1. The molecule has 1 unspecified atom stereocenters. The summed E-state index contributed by atoms with van der Waals surface area (Å²) in [5, 5.41) is 7.03. The number of nitrogens with zero attached hydrogens (tertiary/aromatic N) is 4. The Morgan fingerprint density at radius 3 is 2.97 bits per heavy atom. The van der Waals surface area contributed by atoms with Crippen molar-refractivity contribution >= 4 is 29.2 Å². The first-order chi connectivity index (χ1) is 14.1. The summed E-state index contributed by atoms with van der Waals surface area (Å²) in [7, 11) is 0.